The predicted octanol–water partition coefficient (Wildman–Crippen LogP) is 3.23. The van der Waals surface area contributed by atoms with Crippen LogP contribution in [0.4, 0.5) is 0 Å². The van der Waals surface area contributed by atoms with Crippen LogP contribution in [0.5, 0.6) is 0 Å². The van der Waals surface area contributed by atoms with Gasteiger partial charge in [-0.05, 0) is 42.8 Å². The van der Waals surface area contributed by atoms with Crippen molar-refractivity contribution in [1.82, 2.24) is 9.80 Å². The van der Waals surface area contributed by atoms with Crippen LogP contribution < -0.4 is 0 Å². The fourth-order valence-electron chi connectivity index (χ4n) is 2.34. The van der Waals surface area contributed by atoms with Gasteiger partial charge in [0.05, 0.1) is 0 Å². The van der Waals surface area contributed by atoms with E-state index in [0.29, 0.717) is 11.8 Å². The van der Waals surface area contributed by atoms with Crippen molar-refractivity contribution in [1.29, 1.82) is 0 Å². The monoisotopic (exact) mass is 288 g/mol. The average Bonchev–Trinajstić information content (AvgIpc) is 2.38. The molecular formula is C18H28N2O. The van der Waals surface area contributed by atoms with Crippen molar-refractivity contribution < 1.29 is 4.79 Å². The Morgan fingerprint density at radius 3 is 2.00 bits per heavy atom. The van der Waals surface area contributed by atoms with E-state index in [1.807, 2.05) is 74.7 Å². The van der Waals surface area contributed by atoms with E-state index in [2.05, 4.69) is 13.8 Å². The van der Waals surface area contributed by atoms with E-state index in [9.17, 15) is 4.79 Å². The Morgan fingerprint density at radius 1 is 0.952 bits per heavy atom. The van der Waals surface area contributed by atoms with Crippen molar-refractivity contribution >= 4 is 5.78 Å². The van der Waals surface area contributed by atoms with Gasteiger partial charge in [0.2, 0.25) is 0 Å². The lowest BCUT2D eigenvalue weighted by Crippen LogP contribution is -2.26. The van der Waals surface area contributed by atoms with E-state index in [1.54, 1.807) is 0 Å². The van der Waals surface area contributed by atoms with Gasteiger partial charge in [-0.3, -0.25) is 4.79 Å². The first kappa shape index (κ1) is 17.3. The first-order valence-corrected chi connectivity index (χ1v) is 7.46. The highest BCUT2D eigenvalue weighted by molar-refractivity contribution is 6.09. The maximum atomic E-state index is 12.6. The van der Waals surface area contributed by atoms with Gasteiger partial charge >= 0.3 is 0 Å². The Kier molecular flexibility index (Phi) is 6.47. The SMILES string of the molecule is CC1C/C(=C\C=C/N(C)C)C(=O)/C(=C/C=C/N(C)C)C1C. The van der Waals surface area contributed by atoms with Gasteiger partial charge in [-0.15, -0.1) is 0 Å². The van der Waals surface area contributed by atoms with E-state index < -0.39 is 0 Å². The quantitative estimate of drug-likeness (QED) is 0.742. The summed E-state index contributed by atoms with van der Waals surface area (Å²) in [6.45, 7) is 4.36. The Hall–Kier alpha value is -1.77. The van der Waals surface area contributed by atoms with Crippen LogP contribution in [0.3, 0.4) is 0 Å². The molecule has 0 aliphatic heterocycles. The molecule has 0 radical (unpaired) electrons. The van der Waals surface area contributed by atoms with Gasteiger partial charge in [-0.25, -0.2) is 0 Å². The zero-order valence-corrected chi connectivity index (χ0v) is 14.1. The Labute approximate surface area is 129 Å². The highest BCUT2D eigenvalue weighted by Gasteiger charge is 2.30. The van der Waals surface area contributed by atoms with E-state index >= 15 is 0 Å². The van der Waals surface area contributed by atoms with Gasteiger partial charge in [-0.1, -0.05) is 26.0 Å². The van der Waals surface area contributed by atoms with E-state index in [-0.39, 0.29) is 5.78 Å². The molecule has 2 unspecified atom stereocenters. The Balaban J connectivity index is 2.99. The zero-order chi connectivity index (χ0) is 16.0. The molecule has 0 saturated heterocycles. The normalized spacial score (nSPS) is 27.2. The number of hydrogen-bond acceptors (Lipinski definition) is 3. The molecule has 0 N–H and O–H groups in total. The lowest BCUT2D eigenvalue weighted by atomic mass is 9.74. The highest BCUT2D eigenvalue weighted by Crippen LogP contribution is 2.34. The molecule has 1 fully saturated rings. The number of carbonyl (C=O) groups is 1. The number of allylic oxidation sites excluding steroid dienone is 6. The molecule has 1 aliphatic rings. The molecule has 2 atom stereocenters. The summed E-state index contributed by atoms with van der Waals surface area (Å²) in [7, 11) is 7.89. The van der Waals surface area contributed by atoms with Crippen LogP contribution in [0.15, 0.2) is 47.9 Å². The van der Waals surface area contributed by atoms with Crippen LogP contribution in [-0.2, 0) is 4.79 Å². The Morgan fingerprint density at radius 2 is 1.48 bits per heavy atom. The highest BCUT2D eigenvalue weighted by atomic mass is 16.1. The minimum Gasteiger partial charge on any atom is -0.383 e. The summed E-state index contributed by atoms with van der Waals surface area (Å²) in [5, 5.41) is 0. The molecule has 0 amide bonds. The van der Waals surface area contributed by atoms with E-state index in [0.717, 1.165) is 17.6 Å². The minimum atomic E-state index is 0.187. The number of ketones is 1. The number of rotatable bonds is 4. The molecule has 116 valence electrons. The van der Waals surface area contributed by atoms with Gasteiger partial charge in [0.25, 0.3) is 0 Å². The number of nitrogens with zero attached hydrogens (tertiary/aromatic N) is 2. The molecule has 21 heavy (non-hydrogen) atoms. The maximum absolute atomic E-state index is 12.6. The van der Waals surface area contributed by atoms with E-state index in [4.69, 9.17) is 0 Å². The largest absolute Gasteiger partial charge is 0.383 e. The van der Waals surface area contributed by atoms with Crippen LogP contribution in [0.2, 0.25) is 0 Å². The number of Topliss-reactive ketones (excluding diaryl/α,β-unsaturated/α-hetero) is 1. The summed E-state index contributed by atoms with van der Waals surface area (Å²) in [4.78, 5) is 16.5. The van der Waals surface area contributed by atoms with Crippen molar-refractivity contribution in [3.05, 3.63) is 47.9 Å². The van der Waals surface area contributed by atoms with Crippen molar-refractivity contribution in [2.24, 2.45) is 11.8 Å². The summed E-state index contributed by atoms with van der Waals surface area (Å²) >= 11 is 0. The summed E-state index contributed by atoms with van der Waals surface area (Å²) in [6, 6.07) is 0. The first-order valence-electron chi connectivity index (χ1n) is 7.46. The Bertz CT molecular complexity index is 481. The second-order valence-electron chi connectivity index (χ2n) is 6.22. The van der Waals surface area contributed by atoms with Gasteiger partial charge in [0.15, 0.2) is 5.78 Å². The molecule has 1 aliphatic carbocycles. The van der Waals surface area contributed by atoms with Crippen molar-refractivity contribution in [2.75, 3.05) is 28.2 Å². The lowest BCUT2D eigenvalue weighted by Gasteiger charge is -2.29. The third-order valence-electron chi connectivity index (χ3n) is 3.78. The smallest absolute Gasteiger partial charge is 0.185 e. The summed E-state index contributed by atoms with van der Waals surface area (Å²) in [5.74, 6) is 0.979. The molecule has 3 heteroatoms. The van der Waals surface area contributed by atoms with E-state index in [1.165, 1.54) is 0 Å². The molecular weight excluding hydrogens is 260 g/mol. The topological polar surface area (TPSA) is 23.6 Å². The van der Waals surface area contributed by atoms with Gasteiger partial charge < -0.3 is 9.80 Å². The molecule has 0 spiro atoms. The van der Waals surface area contributed by atoms with Crippen LogP contribution in [-0.4, -0.2) is 43.8 Å². The first-order chi connectivity index (χ1) is 9.82. The minimum absolute atomic E-state index is 0.187. The summed E-state index contributed by atoms with van der Waals surface area (Å²) < 4.78 is 0. The van der Waals surface area contributed by atoms with Gasteiger partial charge in [-0.2, -0.15) is 0 Å². The predicted molar refractivity (Wildman–Crippen MR) is 89.8 cm³/mol. The van der Waals surface area contributed by atoms with Crippen molar-refractivity contribution in [3.8, 4) is 0 Å². The molecule has 0 bridgehead atoms. The molecule has 0 heterocycles. The standard InChI is InChI=1S/C18H28N2O/c1-14-13-16(9-7-11-19(3)4)18(21)17(15(14)2)10-8-12-20(5)6/h7-12,14-15H,13H2,1-6H3/b11-7-,12-8+,16-9+,17-10+. The lowest BCUT2D eigenvalue weighted by molar-refractivity contribution is -0.113. The van der Waals surface area contributed by atoms with Crippen molar-refractivity contribution in [2.45, 2.75) is 20.3 Å². The maximum Gasteiger partial charge on any atom is 0.185 e. The third kappa shape index (κ3) is 5.25. The summed E-state index contributed by atoms with van der Waals surface area (Å²) in [5.41, 5.74) is 1.82. The molecule has 1 saturated carbocycles. The van der Waals surface area contributed by atoms with Crippen LogP contribution in [0, 0.1) is 11.8 Å². The second-order valence-corrected chi connectivity index (χ2v) is 6.22. The summed E-state index contributed by atoms with van der Waals surface area (Å²) in [6.07, 6.45) is 12.6. The number of hydrogen-bond donors (Lipinski definition) is 0. The van der Waals surface area contributed by atoms with Crippen LogP contribution in [0.25, 0.3) is 0 Å². The fourth-order valence-corrected chi connectivity index (χ4v) is 2.34. The molecule has 3 nitrogen and oxygen atoms in total. The van der Waals surface area contributed by atoms with Gasteiger partial charge in [0, 0.05) is 39.3 Å². The number of carbonyl (C=O) groups excluding carboxylic acids is 1. The second kappa shape index (κ2) is 7.87. The van der Waals surface area contributed by atoms with Crippen molar-refractivity contribution in [3.63, 3.8) is 0 Å². The molecule has 0 aromatic rings. The zero-order valence-electron chi connectivity index (χ0n) is 14.1. The van der Waals surface area contributed by atoms with Crippen LogP contribution >= 0.6 is 0 Å². The van der Waals surface area contributed by atoms with Crippen LogP contribution in [0.1, 0.15) is 20.3 Å². The molecule has 0 aromatic heterocycles. The van der Waals surface area contributed by atoms with Gasteiger partial charge in [0.1, 0.15) is 0 Å². The molecule has 1 rings (SSSR count). The molecule has 0 aromatic carbocycles. The third-order valence-corrected chi connectivity index (χ3v) is 3.78. The fraction of sp³-hybridized carbons (Fsp3) is 0.500. The average molecular weight is 288 g/mol.